The Labute approximate surface area is 155 Å². The Morgan fingerprint density at radius 1 is 0.960 bits per heavy atom. The second-order valence-electron chi connectivity index (χ2n) is 10.9. The molecule has 0 aromatic rings. The van der Waals surface area contributed by atoms with Crippen molar-refractivity contribution in [1.82, 2.24) is 4.90 Å². The first kappa shape index (κ1) is 18.3. The van der Waals surface area contributed by atoms with Crippen LogP contribution in [0, 0.1) is 40.4 Å². The van der Waals surface area contributed by atoms with Crippen LogP contribution in [0.25, 0.3) is 0 Å². The van der Waals surface area contributed by atoms with Crippen LogP contribution in [0.2, 0.25) is 0 Å². The Morgan fingerprint density at radius 2 is 1.68 bits per heavy atom. The fraction of sp³-hybridized carbons (Fsp3) is 1.00. The van der Waals surface area contributed by atoms with Crippen molar-refractivity contribution < 1.29 is 5.11 Å². The molecule has 144 valence electrons. The van der Waals surface area contributed by atoms with Gasteiger partial charge in [-0.25, -0.2) is 0 Å². The summed E-state index contributed by atoms with van der Waals surface area (Å²) in [7, 11) is 4.33. The lowest BCUT2D eigenvalue weighted by atomic mass is 9.44. The molecule has 4 fully saturated rings. The van der Waals surface area contributed by atoms with E-state index in [9.17, 15) is 5.11 Å². The summed E-state index contributed by atoms with van der Waals surface area (Å²) >= 11 is 0. The van der Waals surface area contributed by atoms with Crippen LogP contribution in [0.5, 0.6) is 0 Å². The maximum atomic E-state index is 10.7. The molecule has 0 aromatic heterocycles. The van der Waals surface area contributed by atoms with E-state index in [1.165, 1.54) is 51.4 Å². The molecule has 4 aliphatic rings. The summed E-state index contributed by atoms with van der Waals surface area (Å²) in [6, 6.07) is 0.361. The standard InChI is InChI=1S/C23H41NO/c1-6-15-8-10-18-17-9-7-16-13-21(25)20(24(4)5)14-23(16,3)19(17)11-12-22(15,18)2/h15-21,25H,6-14H2,1-5H3/t15-,16?,17-,18-,19-,20-,21-,22+,23-/m0/s1. The first-order valence-corrected chi connectivity index (χ1v) is 11.2. The smallest absolute Gasteiger partial charge is 0.0698 e. The van der Waals surface area contributed by atoms with Crippen molar-refractivity contribution in [2.45, 2.75) is 90.7 Å². The van der Waals surface area contributed by atoms with Crippen molar-refractivity contribution in [3.63, 3.8) is 0 Å². The highest BCUT2D eigenvalue weighted by Gasteiger charge is 2.60. The molecule has 0 spiro atoms. The van der Waals surface area contributed by atoms with Gasteiger partial charge in [-0.1, -0.05) is 27.2 Å². The summed E-state index contributed by atoms with van der Waals surface area (Å²) in [5.41, 5.74) is 1.09. The highest BCUT2D eigenvalue weighted by molar-refractivity contribution is 5.10. The van der Waals surface area contributed by atoms with E-state index in [1.54, 1.807) is 0 Å². The first-order chi connectivity index (χ1) is 11.8. The van der Waals surface area contributed by atoms with E-state index in [-0.39, 0.29) is 6.10 Å². The van der Waals surface area contributed by atoms with E-state index < -0.39 is 0 Å². The van der Waals surface area contributed by atoms with Crippen molar-refractivity contribution in [3.8, 4) is 0 Å². The molecule has 0 amide bonds. The van der Waals surface area contributed by atoms with E-state index in [1.807, 2.05) is 0 Å². The van der Waals surface area contributed by atoms with Gasteiger partial charge in [0.1, 0.15) is 0 Å². The van der Waals surface area contributed by atoms with Crippen molar-refractivity contribution in [1.29, 1.82) is 0 Å². The predicted octanol–water partition coefficient (Wildman–Crippen LogP) is 4.96. The maximum absolute atomic E-state index is 10.7. The Kier molecular flexibility index (Phi) is 4.56. The zero-order valence-corrected chi connectivity index (χ0v) is 17.3. The van der Waals surface area contributed by atoms with Gasteiger partial charge in [0.05, 0.1) is 6.10 Å². The molecule has 2 nitrogen and oxygen atoms in total. The average molecular weight is 348 g/mol. The topological polar surface area (TPSA) is 23.5 Å². The van der Waals surface area contributed by atoms with Gasteiger partial charge in [-0.2, -0.15) is 0 Å². The van der Waals surface area contributed by atoms with Crippen molar-refractivity contribution in [3.05, 3.63) is 0 Å². The molecule has 4 rings (SSSR count). The van der Waals surface area contributed by atoms with Gasteiger partial charge in [0, 0.05) is 6.04 Å². The fourth-order valence-electron chi connectivity index (χ4n) is 8.58. The summed E-state index contributed by atoms with van der Waals surface area (Å²) in [6.45, 7) is 7.69. The second kappa shape index (κ2) is 6.23. The van der Waals surface area contributed by atoms with E-state index in [0.717, 1.165) is 36.0 Å². The van der Waals surface area contributed by atoms with Gasteiger partial charge in [0.15, 0.2) is 0 Å². The van der Waals surface area contributed by atoms with Crippen molar-refractivity contribution >= 4 is 0 Å². The second-order valence-corrected chi connectivity index (χ2v) is 10.9. The minimum atomic E-state index is -0.116. The Balaban J connectivity index is 1.61. The number of nitrogens with zero attached hydrogens (tertiary/aromatic N) is 1. The zero-order valence-electron chi connectivity index (χ0n) is 17.3. The lowest BCUT2D eigenvalue weighted by Gasteiger charge is -2.62. The van der Waals surface area contributed by atoms with Gasteiger partial charge in [0.25, 0.3) is 0 Å². The van der Waals surface area contributed by atoms with Gasteiger partial charge in [-0.15, -0.1) is 0 Å². The summed E-state index contributed by atoms with van der Waals surface area (Å²) in [5.74, 6) is 4.60. The lowest BCUT2D eigenvalue weighted by molar-refractivity contribution is -0.144. The Hall–Kier alpha value is -0.0800. The molecule has 25 heavy (non-hydrogen) atoms. The minimum Gasteiger partial charge on any atom is -0.391 e. The third-order valence-corrected chi connectivity index (χ3v) is 10.0. The lowest BCUT2D eigenvalue weighted by Crippen LogP contribution is -2.58. The average Bonchev–Trinajstić information content (AvgIpc) is 2.91. The van der Waals surface area contributed by atoms with Gasteiger partial charge in [0.2, 0.25) is 0 Å². The number of fused-ring (bicyclic) bond motifs is 5. The van der Waals surface area contributed by atoms with Gasteiger partial charge >= 0.3 is 0 Å². The number of aliphatic hydroxyl groups is 1. The largest absolute Gasteiger partial charge is 0.391 e. The molecule has 0 radical (unpaired) electrons. The van der Waals surface area contributed by atoms with Crippen LogP contribution in [-0.2, 0) is 0 Å². The highest BCUT2D eigenvalue weighted by Crippen LogP contribution is 2.67. The molecule has 0 heterocycles. The van der Waals surface area contributed by atoms with E-state index in [4.69, 9.17) is 0 Å². The molecule has 0 aromatic carbocycles. The fourth-order valence-corrected chi connectivity index (χ4v) is 8.58. The Bertz CT molecular complexity index is 504. The molecular weight excluding hydrogens is 306 g/mol. The third-order valence-electron chi connectivity index (χ3n) is 10.0. The number of hydrogen-bond donors (Lipinski definition) is 1. The van der Waals surface area contributed by atoms with E-state index >= 15 is 0 Å². The normalized spacial score (nSPS) is 55.6. The predicted molar refractivity (Wildman–Crippen MR) is 104 cm³/mol. The Morgan fingerprint density at radius 3 is 2.36 bits per heavy atom. The first-order valence-electron chi connectivity index (χ1n) is 11.2. The summed E-state index contributed by atoms with van der Waals surface area (Å²) < 4.78 is 0. The molecule has 0 bridgehead atoms. The maximum Gasteiger partial charge on any atom is 0.0698 e. The molecule has 4 saturated carbocycles. The summed E-state index contributed by atoms with van der Waals surface area (Å²) in [4.78, 5) is 2.30. The van der Waals surface area contributed by atoms with Gasteiger partial charge in [-0.3, -0.25) is 0 Å². The van der Waals surface area contributed by atoms with Crippen LogP contribution in [0.15, 0.2) is 0 Å². The highest BCUT2D eigenvalue weighted by atomic mass is 16.3. The van der Waals surface area contributed by atoms with E-state index in [0.29, 0.717) is 16.9 Å². The van der Waals surface area contributed by atoms with Crippen LogP contribution in [-0.4, -0.2) is 36.2 Å². The molecule has 0 saturated heterocycles. The summed E-state index contributed by atoms with van der Waals surface area (Å²) in [5, 5.41) is 10.7. The monoisotopic (exact) mass is 347 g/mol. The third kappa shape index (κ3) is 2.57. The van der Waals surface area contributed by atoms with Gasteiger partial charge in [-0.05, 0) is 106 Å². The molecule has 4 aliphatic carbocycles. The van der Waals surface area contributed by atoms with Crippen LogP contribution in [0.3, 0.4) is 0 Å². The molecule has 1 N–H and O–H groups in total. The number of likely N-dealkylation sites (N-methyl/N-ethyl adjacent to an activating group) is 1. The number of aliphatic hydroxyl groups excluding tert-OH is 1. The van der Waals surface area contributed by atoms with Gasteiger partial charge < -0.3 is 10.0 Å². The molecule has 9 atom stereocenters. The zero-order chi connectivity index (χ0) is 18.0. The quantitative estimate of drug-likeness (QED) is 0.763. The van der Waals surface area contributed by atoms with Crippen LogP contribution in [0.1, 0.15) is 78.6 Å². The summed E-state index contributed by atoms with van der Waals surface area (Å²) in [6.07, 6.45) is 12.3. The van der Waals surface area contributed by atoms with E-state index in [2.05, 4.69) is 39.8 Å². The van der Waals surface area contributed by atoms with Crippen molar-refractivity contribution in [2.75, 3.05) is 14.1 Å². The van der Waals surface area contributed by atoms with Crippen LogP contribution in [0.4, 0.5) is 0 Å². The number of rotatable bonds is 2. The minimum absolute atomic E-state index is 0.116. The molecular formula is C23H41NO. The molecule has 0 aliphatic heterocycles. The number of hydrogen-bond acceptors (Lipinski definition) is 2. The van der Waals surface area contributed by atoms with Crippen LogP contribution < -0.4 is 0 Å². The molecule has 2 heteroatoms. The van der Waals surface area contributed by atoms with Crippen molar-refractivity contribution in [2.24, 2.45) is 40.4 Å². The SMILES string of the molecule is CC[C@H]1CC[C@H]2[C@@H]3CCC4C[C@H](O)[C@@H](N(C)C)C[C@]4(C)[C@H]3CC[C@]12C. The molecule has 1 unspecified atom stereocenters. The van der Waals surface area contributed by atoms with Crippen LogP contribution >= 0.6 is 0 Å².